The fraction of sp³-hybridized carbons (Fsp3) is 0.385. The summed E-state index contributed by atoms with van der Waals surface area (Å²) in [5, 5.41) is 13.8. The molecule has 0 saturated heterocycles. The monoisotopic (exact) mass is 266 g/mol. The van der Waals surface area contributed by atoms with Crippen molar-refractivity contribution >= 4 is 11.6 Å². The highest BCUT2D eigenvalue weighted by molar-refractivity contribution is 6.30. The van der Waals surface area contributed by atoms with Gasteiger partial charge < -0.3 is 9.63 Å². The van der Waals surface area contributed by atoms with Crippen LogP contribution in [0.2, 0.25) is 5.02 Å². The molecule has 0 aliphatic carbocycles. The van der Waals surface area contributed by atoms with E-state index >= 15 is 0 Å². The van der Waals surface area contributed by atoms with Crippen LogP contribution >= 0.6 is 11.6 Å². The third-order valence-electron chi connectivity index (χ3n) is 2.58. The molecule has 2 aromatic rings. The van der Waals surface area contributed by atoms with Gasteiger partial charge >= 0.3 is 0 Å². The second kappa shape index (κ2) is 5.98. The van der Waals surface area contributed by atoms with Crippen LogP contribution in [0.1, 0.15) is 25.7 Å². The van der Waals surface area contributed by atoms with Gasteiger partial charge in [0.15, 0.2) is 0 Å². The van der Waals surface area contributed by atoms with E-state index in [-0.39, 0.29) is 6.10 Å². The topological polar surface area (TPSA) is 59.2 Å². The van der Waals surface area contributed by atoms with Crippen LogP contribution in [0.3, 0.4) is 0 Å². The molecule has 1 aromatic carbocycles. The zero-order valence-corrected chi connectivity index (χ0v) is 10.9. The molecule has 0 bridgehead atoms. The molecule has 5 heteroatoms. The van der Waals surface area contributed by atoms with Crippen LogP contribution in [-0.4, -0.2) is 21.4 Å². The number of aliphatic hydroxyl groups is 1. The molecule has 4 nitrogen and oxygen atoms in total. The van der Waals surface area contributed by atoms with Gasteiger partial charge in [0, 0.05) is 17.0 Å². The average molecular weight is 267 g/mol. The Morgan fingerprint density at radius 3 is 2.72 bits per heavy atom. The highest BCUT2D eigenvalue weighted by Crippen LogP contribution is 2.19. The fourth-order valence-corrected chi connectivity index (χ4v) is 1.75. The van der Waals surface area contributed by atoms with E-state index in [1.165, 1.54) is 0 Å². The molecule has 0 fully saturated rings. The van der Waals surface area contributed by atoms with Crippen molar-refractivity contribution < 1.29 is 9.63 Å². The van der Waals surface area contributed by atoms with E-state index in [4.69, 9.17) is 21.2 Å². The van der Waals surface area contributed by atoms with E-state index in [0.717, 1.165) is 18.4 Å². The maximum absolute atomic E-state index is 9.16. The lowest BCUT2D eigenvalue weighted by Gasteiger charge is -1.99. The van der Waals surface area contributed by atoms with E-state index in [0.29, 0.717) is 23.2 Å². The molecule has 1 aromatic heterocycles. The summed E-state index contributed by atoms with van der Waals surface area (Å²) in [6.07, 6.45) is 1.97. The summed E-state index contributed by atoms with van der Waals surface area (Å²) in [6, 6.07) is 7.29. The number of halogens is 1. The van der Waals surface area contributed by atoms with Crippen molar-refractivity contribution in [1.82, 2.24) is 10.1 Å². The van der Waals surface area contributed by atoms with E-state index in [1.807, 2.05) is 12.1 Å². The molecule has 0 amide bonds. The van der Waals surface area contributed by atoms with Crippen LogP contribution in [0.4, 0.5) is 0 Å². The zero-order valence-electron chi connectivity index (χ0n) is 10.1. The molecule has 0 saturated carbocycles. The summed E-state index contributed by atoms with van der Waals surface area (Å²) < 4.78 is 5.16. The highest BCUT2D eigenvalue weighted by atomic mass is 35.5. The predicted molar refractivity (Wildman–Crippen MR) is 69.4 cm³/mol. The van der Waals surface area contributed by atoms with Gasteiger partial charge in [0.1, 0.15) is 0 Å². The Morgan fingerprint density at radius 1 is 1.33 bits per heavy atom. The number of rotatable bonds is 5. The molecule has 0 aliphatic heterocycles. The number of aryl methyl sites for hydroxylation is 1. The highest BCUT2D eigenvalue weighted by Gasteiger charge is 2.08. The van der Waals surface area contributed by atoms with Gasteiger partial charge in [-0.05, 0) is 44.0 Å². The molecular formula is C13H15ClN2O2. The third-order valence-corrected chi connectivity index (χ3v) is 2.84. The third kappa shape index (κ3) is 3.55. The first kappa shape index (κ1) is 13.1. The number of nitrogens with zero attached hydrogens (tertiary/aromatic N) is 2. The fourth-order valence-electron chi connectivity index (χ4n) is 1.62. The van der Waals surface area contributed by atoms with Crippen LogP contribution < -0.4 is 0 Å². The minimum Gasteiger partial charge on any atom is -0.393 e. The first-order valence-corrected chi connectivity index (χ1v) is 6.29. The van der Waals surface area contributed by atoms with Gasteiger partial charge in [-0.15, -0.1) is 0 Å². The Morgan fingerprint density at radius 2 is 2.06 bits per heavy atom. The first-order chi connectivity index (χ1) is 8.65. The van der Waals surface area contributed by atoms with Crippen molar-refractivity contribution in [2.75, 3.05) is 0 Å². The molecule has 2 rings (SSSR count). The summed E-state index contributed by atoms with van der Waals surface area (Å²) in [6.45, 7) is 1.77. The lowest BCUT2D eigenvalue weighted by molar-refractivity contribution is 0.180. The van der Waals surface area contributed by atoms with Gasteiger partial charge in [0.2, 0.25) is 11.7 Å². The van der Waals surface area contributed by atoms with Gasteiger partial charge in [-0.25, -0.2) is 0 Å². The largest absolute Gasteiger partial charge is 0.393 e. The Hall–Kier alpha value is -1.39. The summed E-state index contributed by atoms with van der Waals surface area (Å²) >= 11 is 5.81. The molecule has 18 heavy (non-hydrogen) atoms. The van der Waals surface area contributed by atoms with Gasteiger partial charge in [-0.3, -0.25) is 0 Å². The Balaban J connectivity index is 1.99. The van der Waals surface area contributed by atoms with E-state index in [9.17, 15) is 0 Å². The van der Waals surface area contributed by atoms with Crippen LogP contribution in [0, 0.1) is 0 Å². The quantitative estimate of drug-likeness (QED) is 0.903. The van der Waals surface area contributed by atoms with Crippen LogP contribution in [0.25, 0.3) is 11.4 Å². The van der Waals surface area contributed by atoms with Gasteiger partial charge in [0.25, 0.3) is 0 Å². The van der Waals surface area contributed by atoms with Crippen molar-refractivity contribution in [2.24, 2.45) is 0 Å². The normalized spacial score (nSPS) is 12.6. The Bertz CT molecular complexity index is 494. The van der Waals surface area contributed by atoms with Crippen molar-refractivity contribution in [3.8, 4) is 11.4 Å². The molecular weight excluding hydrogens is 252 g/mol. The lowest BCUT2D eigenvalue weighted by atomic mass is 10.2. The van der Waals surface area contributed by atoms with Crippen LogP contribution in [0.5, 0.6) is 0 Å². The molecule has 1 N–H and O–H groups in total. The van der Waals surface area contributed by atoms with Crippen molar-refractivity contribution in [2.45, 2.75) is 32.3 Å². The van der Waals surface area contributed by atoms with E-state index in [1.54, 1.807) is 19.1 Å². The number of aromatic nitrogens is 2. The second-order valence-electron chi connectivity index (χ2n) is 4.26. The Kier molecular flexibility index (Phi) is 4.33. The summed E-state index contributed by atoms with van der Waals surface area (Å²) in [5.74, 6) is 1.17. The smallest absolute Gasteiger partial charge is 0.226 e. The number of hydrogen-bond acceptors (Lipinski definition) is 4. The molecule has 1 unspecified atom stereocenters. The predicted octanol–water partition coefficient (Wildman–Crippen LogP) is 3.09. The van der Waals surface area contributed by atoms with Crippen LogP contribution in [0.15, 0.2) is 28.8 Å². The maximum Gasteiger partial charge on any atom is 0.226 e. The molecule has 1 atom stereocenters. The van der Waals surface area contributed by atoms with Gasteiger partial charge in [-0.2, -0.15) is 4.98 Å². The van der Waals surface area contributed by atoms with Crippen molar-refractivity contribution in [3.05, 3.63) is 35.2 Å². The summed E-state index contributed by atoms with van der Waals surface area (Å²) in [4.78, 5) is 4.30. The molecule has 96 valence electrons. The summed E-state index contributed by atoms with van der Waals surface area (Å²) in [7, 11) is 0. The van der Waals surface area contributed by atoms with E-state index < -0.39 is 0 Å². The molecule has 1 heterocycles. The zero-order chi connectivity index (χ0) is 13.0. The van der Waals surface area contributed by atoms with Gasteiger partial charge in [-0.1, -0.05) is 16.8 Å². The van der Waals surface area contributed by atoms with E-state index in [2.05, 4.69) is 10.1 Å². The van der Waals surface area contributed by atoms with Crippen LogP contribution in [-0.2, 0) is 6.42 Å². The van der Waals surface area contributed by atoms with Crippen molar-refractivity contribution in [1.29, 1.82) is 0 Å². The SMILES string of the molecule is CC(O)CCCc1nc(-c2ccc(Cl)cc2)no1. The number of benzene rings is 1. The second-order valence-corrected chi connectivity index (χ2v) is 4.70. The maximum atomic E-state index is 9.16. The first-order valence-electron chi connectivity index (χ1n) is 5.92. The number of hydrogen-bond donors (Lipinski definition) is 1. The minimum atomic E-state index is -0.288. The molecule has 0 radical (unpaired) electrons. The molecule has 0 aliphatic rings. The Labute approximate surface area is 111 Å². The minimum absolute atomic E-state index is 0.288. The lowest BCUT2D eigenvalue weighted by Crippen LogP contribution is -1.99. The standard InChI is InChI=1S/C13H15ClN2O2/c1-9(17)3-2-4-12-15-13(16-18-12)10-5-7-11(14)8-6-10/h5-9,17H,2-4H2,1H3. The van der Waals surface area contributed by atoms with Gasteiger partial charge in [0.05, 0.1) is 6.10 Å². The average Bonchev–Trinajstić information content (AvgIpc) is 2.78. The summed E-state index contributed by atoms with van der Waals surface area (Å²) in [5.41, 5.74) is 0.880. The number of aliphatic hydroxyl groups excluding tert-OH is 1. The van der Waals surface area contributed by atoms with Crippen molar-refractivity contribution in [3.63, 3.8) is 0 Å². The molecule has 0 spiro atoms.